The van der Waals surface area contributed by atoms with Gasteiger partial charge in [-0.05, 0) is 32.1 Å². The summed E-state index contributed by atoms with van der Waals surface area (Å²) < 4.78 is 0. The van der Waals surface area contributed by atoms with Crippen LogP contribution < -0.4 is 0 Å². The zero-order valence-corrected chi connectivity index (χ0v) is 19.6. The van der Waals surface area contributed by atoms with Gasteiger partial charge >= 0.3 is 5.97 Å². The number of aliphatic hydroxyl groups is 6. The Morgan fingerprint density at radius 1 is 0.688 bits per heavy atom. The predicted octanol–water partition coefficient (Wildman–Crippen LogP) is 2.27. The highest BCUT2D eigenvalue weighted by Crippen LogP contribution is 2.17. The number of carboxylic acids is 1. The van der Waals surface area contributed by atoms with Crippen molar-refractivity contribution >= 4 is 5.97 Å². The lowest BCUT2D eigenvalue weighted by Crippen LogP contribution is -2.46. The van der Waals surface area contributed by atoms with Crippen molar-refractivity contribution in [2.75, 3.05) is 0 Å². The van der Waals surface area contributed by atoms with Crippen molar-refractivity contribution in [3.63, 3.8) is 0 Å². The Bertz CT molecular complexity index is 485. The highest BCUT2D eigenvalue weighted by Gasteiger charge is 2.32. The van der Waals surface area contributed by atoms with Crippen molar-refractivity contribution in [2.45, 2.75) is 133 Å². The molecule has 8 nitrogen and oxygen atoms in total. The first kappa shape index (κ1) is 31.0. The summed E-state index contributed by atoms with van der Waals surface area (Å²) in [6.45, 7) is 2.14. The molecule has 0 heterocycles. The highest BCUT2D eigenvalue weighted by molar-refractivity contribution is 5.66. The molecule has 0 fully saturated rings. The molecule has 0 aliphatic carbocycles. The van der Waals surface area contributed by atoms with E-state index in [-0.39, 0.29) is 19.3 Å². The molecule has 0 rings (SSSR count). The number of carbonyl (C=O) groups is 1. The monoisotopic (exact) mass is 462 g/mol. The maximum Gasteiger partial charge on any atom is 0.303 e. The van der Waals surface area contributed by atoms with Crippen LogP contribution in [-0.2, 0) is 4.79 Å². The number of allylic oxidation sites excluding steroid dienone is 1. The summed E-state index contributed by atoms with van der Waals surface area (Å²) >= 11 is 0. The Hall–Kier alpha value is -1.03. The quantitative estimate of drug-likeness (QED) is 0.101. The third kappa shape index (κ3) is 15.7. The average molecular weight is 463 g/mol. The summed E-state index contributed by atoms with van der Waals surface area (Å²) in [5.74, 6) is -0.809. The van der Waals surface area contributed by atoms with Crippen molar-refractivity contribution in [2.24, 2.45) is 0 Å². The summed E-state index contributed by atoms with van der Waals surface area (Å²) in [5.41, 5.74) is 0. The average Bonchev–Trinajstić information content (AvgIpc) is 2.75. The van der Waals surface area contributed by atoms with Crippen molar-refractivity contribution < 1.29 is 40.5 Å². The fraction of sp³-hybridized carbons (Fsp3) is 0.875. The van der Waals surface area contributed by atoms with Gasteiger partial charge in [-0.3, -0.25) is 4.79 Å². The van der Waals surface area contributed by atoms with Gasteiger partial charge in [-0.2, -0.15) is 0 Å². The van der Waals surface area contributed by atoms with Crippen molar-refractivity contribution in [3.05, 3.63) is 12.2 Å². The molecule has 0 radical (unpaired) electrons. The molecule has 0 aliphatic heterocycles. The Labute approximate surface area is 192 Å². The lowest BCUT2D eigenvalue weighted by atomic mass is 9.94. The van der Waals surface area contributed by atoms with Gasteiger partial charge in [-0.15, -0.1) is 0 Å². The van der Waals surface area contributed by atoms with Crippen LogP contribution in [0.3, 0.4) is 0 Å². The summed E-state index contributed by atoms with van der Waals surface area (Å²) in [5, 5.41) is 69.0. The Morgan fingerprint density at radius 3 is 1.94 bits per heavy atom. The molecule has 0 aliphatic rings. The van der Waals surface area contributed by atoms with Gasteiger partial charge in [0.15, 0.2) is 0 Å². The van der Waals surface area contributed by atoms with Crippen molar-refractivity contribution in [3.8, 4) is 0 Å². The van der Waals surface area contributed by atoms with E-state index in [1.54, 1.807) is 6.08 Å². The van der Waals surface area contributed by atoms with E-state index in [9.17, 15) is 35.4 Å². The molecule has 0 aromatic carbocycles. The fourth-order valence-corrected chi connectivity index (χ4v) is 3.53. The molecule has 6 unspecified atom stereocenters. The van der Waals surface area contributed by atoms with E-state index in [4.69, 9.17) is 5.11 Å². The van der Waals surface area contributed by atoms with Gasteiger partial charge in [0.2, 0.25) is 0 Å². The summed E-state index contributed by atoms with van der Waals surface area (Å²) in [6, 6.07) is 0. The molecule has 0 saturated heterocycles. The van der Waals surface area contributed by atoms with Gasteiger partial charge in [-0.1, -0.05) is 64.0 Å². The van der Waals surface area contributed by atoms with Crippen LogP contribution in [0.5, 0.6) is 0 Å². The third-order valence-electron chi connectivity index (χ3n) is 5.72. The first-order chi connectivity index (χ1) is 15.2. The van der Waals surface area contributed by atoms with E-state index in [1.165, 1.54) is 6.42 Å². The number of unbranched alkanes of at least 4 members (excludes halogenated alkanes) is 8. The molecular weight excluding hydrogens is 416 g/mol. The van der Waals surface area contributed by atoms with Crippen LogP contribution in [0.2, 0.25) is 0 Å². The van der Waals surface area contributed by atoms with E-state index >= 15 is 0 Å². The van der Waals surface area contributed by atoms with Gasteiger partial charge < -0.3 is 35.7 Å². The van der Waals surface area contributed by atoms with Crippen molar-refractivity contribution in [1.29, 1.82) is 0 Å². The van der Waals surface area contributed by atoms with Gasteiger partial charge in [0.05, 0.1) is 24.4 Å². The molecule has 7 N–H and O–H groups in total. The topological polar surface area (TPSA) is 159 Å². The minimum Gasteiger partial charge on any atom is -0.481 e. The lowest BCUT2D eigenvalue weighted by molar-refractivity contribution is -0.137. The first-order valence-electron chi connectivity index (χ1n) is 12.2. The Kier molecular flexibility index (Phi) is 18.8. The summed E-state index contributed by atoms with van der Waals surface area (Å²) in [4.78, 5) is 10.4. The molecule has 32 heavy (non-hydrogen) atoms. The number of aliphatic carboxylic acids is 1. The summed E-state index contributed by atoms with van der Waals surface area (Å²) in [6.07, 6.45) is 4.86. The van der Waals surface area contributed by atoms with Crippen LogP contribution >= 0.6 is 0 Å². The van der Waals surface area contributed by atoms with Crippen LogP contribution in [0, 0.1) is 0 Å². The molecule has 8 heteroatoms. The van der Waals surface area contributed by atoms with E-state index in [0.29, 0.717) is 19.3 Å². The maximum atomic E-state index is 10.4. The fourth-order valence-electron chi connectivity index (χ4n) is 3.53. The molecule has 0 saturated carbocycles. The molecule has 6 atom stereocenters. The van der Waals surface area contributed by atoms with E-state index in [1.807, 2.05) is 6.08 Å². The maximum absolute atomic E-state index is 10.4. The zero-order valence-electron chi connectivity index (χ0n) is 19.6. The van der Waals surface area contributed by atoms with Gasteiger partial charge in [0.1, 0.15) is 12.2 Å². The third-order valence-corrected chi connectivity index (χ3v) is 5.72. The van der Waals surface area contributed by atoms with Crippen molar-refractivity contribution in [1.82, 2.24) is 0 Å². The number of aliphatic hydroxyl groups excluding tert-OH is 6. The van der Waals surface area contributed by atoms with E-state index in [0.717, 1.165) is 44.9 Å². The summed E-state index contributed by atoms with van der Waals surface area (Å²) in [7, 11) is 0. The van der Waals surface area contributed by atoms with Gasteiger partial charge in [0.25, 0.3) is 0 Å². The number of carboxylic acid groups (broad SMARTS) is 1. The Morgan fingerprint density at radius 2 is 1.28 bits per heavy atom. The predicted molar refractivity (Wildman–Crippen MR) is 123 cm³/mol. The molecule has 0 bridgehead atoms. The van der Waals surface area contributed by atoms with Crippen LogP contribution in [0.1, 0.15) is 96.8 Å². The molecular formula is C24H46O8. The van der Waals surface area contributed by atoms with Crippen LogP contribution in [0.25, 0.3) is 0 Å². The second-order valence-corrected chi connectivity index (χ2v) is 8.74. The van der Waals surface area contributed by atoms with Gasteiger partial charge in [0, 0.05) is 12.8 Å². The smallest absolute Gasteiger partial charge is 0.303 e. The minimum absolute atomic E-state index is 0.149. The highest BCUT2D eigenvalue weighted by atomic mass is 16.4. The minimum atomic E-state index is -1.64. The normalized spacial score (nSPS) is 17.7. The number of rotatable bonds is 21. The molecule has 190 valence electrons. The van der Waals surface area contributed by atoms with Crippen LogP contribution in [-0.4, -0.2) is 78.3 Å². The second-order valence-electron chi connectivity index (χ2n) is 8.74. The molecule has 0 amide bonds. The van der Waals surface area contributed by atoms with Crippen LogP contribution in [0.4, 0.5) is 0 Å². The molecule has 0 spiro atoms. The Balaban J connectivity index is 4.11. The van der Waals surface area contributed by atoms with Crippen LogP contribution in [0.15, 0.2) is 12.2 Å². The second kappa shape index (κ2) is 19.4. The van der Waals surface area contributed by atoms with E-state index in [2.05, 4.69) is 6.92 Å². The molecule has 0 aromatic heterocycles. The van der Waals surface area contributed by atoms with E-state index < -0.39 is 42.6 Å². The first-order valence-corrected chi connectivity index (χ1v) is 12.2. The zero-order chi connectivity index (χ0) is 24.4. The molecule has 0 aromatic rings. The largest absolute Gasteiger partial charge is 0.481 e. The standard InChI is InChI=1S/C24H46O8/c1-2-3-4-5-6-8-12-15-19(26)23(31)24(32)21(28)17-20(27)18(25)14-11-9-7-10-13-16-22(29)30/h8,12,18-21,23-28,31-32H,2-7,9-11,13-17H2,1H3,(H,29,30)/b12-8+. The number of hydrogen-bond acceptors (Lipinski definition) is 7. The van der Waals surface area contributed by atoms with Gasteiger partial charge in [-0.25, -0.2) is 0 Å². The lowest BCUT2D eigenvalue weighted by Gasteiger charge is -2.28. The SMILES string of the molecule is CCCCCC/C=C/CC(O)C(O)C(O)C(O)CC(O)C(O)CCCCCCCC(=O)O. The number of hydrogen-bond donors (Lipinski definition) is 7.